The Morgan fingerprint density at radius 2 is 2.08 bits per heavy atom. The molecule has 0 bridgehead atoms. The average molecular weight is 518 g/mol. The first-order chi connectivity index (χ1) is 17.3. The molecule has 8 nitrogen and oxygen atoms in total. The first-order valence-corrected chi connectivity index (χ1v) is 12.1. The number of fused-ring (bicyclic) bond motifs is 1. The Hall–Kier alpha value is -3.51. The molecule has 1 aliphatic carbocycles. The molecule has 0 saturated carbocycles. The minimum Gasteiger partial charge on any atom is -0.381 e. The number of hydrogen-bond donors (Lipinski definition) is 2. The van der Waals surface area contributed by atoms with E-state index >= 15 is 0 Å². The number of aromatic nitrogens is 4. The van der Waals surface area contributed by atoms with Crippen molar-refractivity contribution in [3.05, 3.63) is 78.7 Å². The zero-order chi connectivity index (χ0) is 25.3. The van der Waals surface area contributed by atoms with Gasteiger partial charge in [-0.1, -0.05) is 41.7 Å². The van der Waals surface area contributed by atoms with Crippen molar-refractivity contribution in [3.63, 3.8) is 0 Å². The Morgan fingerprint density at radius 3 is 2.81 bits per heavy atom. The van der Waals surface area contributed by atoms with Crippen molar-refractivity contribution in [2.45, 2.75) is 37.5 Å². The Balaban J connectivity index is 1.34. The van der Waals surface area contributed by atoms with Crippen LogP contribution in [0.2, 0.25) is 0 Å². The molecule has 2 aromatic heterocycles. The molecule has 2 atom stereocenters. The maximum atomic E-state index is 13.7. The van der Waals surface area contributed by atoms with E-state index < -0.39 is 12.0 Å². The first kappa shape index (κ1) is 24.2. The maximum Gasteiger partial charge on any atom is 0.449 e. The molecule has 2 unspecified atom stereocenters. The van der Waals surface area contributed by atoms with Crippen LogP contribution in [-0.4, -0.2) is 44.9 Å². The second kappa shape index (κ2) is 9.86. The van der Waals surface area contributed by atoms with Gasteiger partial charge in [0.2, 0.25) is 5.82 Å². The molecule has 2 aliphatic rings. The van der Waals surface area contributed by atoms with E-state index in [0.717, 1.165) is 15.9 Å². The fraction of sp³-hybridized carbons (Fsp3) is 0.333. The SMILES string of the molecule is O=C(NC1CCOCC1c1n[nH]c(=O)s1)c1ccc(Cn2c(C(F)(F)F)nc3c2=CCC=CC=3)cc1. The Labute approximate surface area is 206 Å². The van der Waals surface area contributed by atoms with Gasteiger partial charge in [0.25, 0.3) is 5.91 Å². The number of amides is 1. The highest BCUT2D eigenvalue weighted by Gasteiger charge is 2.37. The molecule has 1 aromatic carbocycles. The number of hydrogen-bond acceptors (Lipinski definition) is 6. The topological polar surface area (TPSA) is 102 Å². The summed E-state index contributed by atoms with van der Waals surface area (Å²) in [6.07, 6.45) is 3.32. The summed E-state index contributed by atoms with van der Waals surface area (Å²) in [4.78, 5) is 28.0. The number of alkyl halides is 3. The second-order valence-electron chi connectivity index (χ2n) is 8.52. The van der Waals surface area contributed by atoms with E-state index in [9.17, 15) is 22.8 Å². The lowest BCUT2D eigenvalue weighted by atomic mass is 9.96. The van der Waals surface area contributed by atoms with Crippen molar-refractivity contribution in [2.75, 3.05) is 13.2 Å². The normalized spacial score (nSPS) is 19.6. The van der Waals surface area contributed by atoms with Gasteiger partial charge in [-0.05, 0) is 36.6 Å². The van der Waals surface area contributed by atoms with Crippen LogP contribution < -0.4 is 20.9 Å². The molecule has 12 heteroatoms. The highest BCUT2D eigenvalue weighted by atomic mass is 32.1. The van der Waals surface area contributed by atoms with Gasteiger partial charge >= 0.3 is 11.0 Å². The fourth-order valence-corrected chi connectivity index (χ4v) is 5.12. The predicted molar refractivity (Wildman–Crippen MR) is 127 cm³/mol. The van der Waals surface area contributed by atoms with Gasteiger partial charge in [-0.3, -0.25) is 9.59 Å². The van der Waals surface area contributed by atoms with Crippen molar-refractivity contribution >= 4 is 29.4 Å². The van der Waals surface area contributed by atoms with Crippen molar-refractivity contribution in [1.82, 2.24) is 25.1 Å². The third kappa shape index (κ3) is 5.05. The van der Waals surface area contributed by atoms with Crippen LogP contribution in [0.4, 0.5) is 13.2 Å². The fourth-order valence-electron chi connectivity index (χ4n) is 4.37. The second-order valence-corrected chi connectivity index (χ2v) is 9.52. The first-order valence-electron chi connectivity index (χ1n) is 11.3. The number of nitrogens with one attached hydrogen (secondary N) is 2. The van der Waals surface area contributed by atoms with Gasteiger partial charge in [0.15, 0.2) is 0 Å². The molecule has 1 aliphatic heterocycles. The minimum atomic E-state index is -4.60. The molecule has 5 rings (SSSR count). The van der Waals surface area contributed by atoms with Gasteiger partial charge in [0.05, 0.1) is 23.2 Å². The largest absolute Gasteiger partial charge is 0.449 e. The minimum absolute atomic E-state index is 0.0382. The number of aromatic amines is 1. The molecule has 1 saturated heterocycles. The molecule has 36 heavy (non-hydrogen) atoms. The number of carbonyl (C=O) groups is 1. The van der Waals surface area contributed by atoms with E-state index in [-0.39, 0.29) is 34.6 Å². The summed E-state index contributed by atoms with van der Waals surface area (Å²) in [6, 6.07) is 6.20. The van der Waals surface area contributed by atoms with Crippen LogP contribution in [0.25, 0.3) is 12.2 Å². The van der Waals surface area contributed by atoms with Crippen LogP contribution in [0.3, 0.4) is 0 Å². The quantitative estimate of drug-likeness (QED) is 0.539. The molecule has 1 amide bonds. The standard InChI is InChI=1S/C24H22F3N5O3S/c25-24(26,27)22-29-18-4-2-1-3-5-19(18)32(22)12-14-6-8-15(9-7-14)20(33)28-17-10-11-35-13-16(17)21-30-31-23(34)36-21/h1-2,4-9,16-17H,3,10-13H2,(H,28,33)(H,31,34). The number of carbonyl (C=O) groups excluding carboxylic acids is 1. The Morgan fingerprint density at radius 1 is 1.28 bits per heavy atom. The molecule has 3 aromatic rings. The van der Waals surface area contributed by atoms with E-state index in [0.29, 0.717) is 47.5 Å². The van der Waals surface area contributed by atoms with Crippen LogP contribution >= 0.6 is 11.3 Å². The summed E-state index contributed by atoms with van der Waals surface area (Å²) in [6.45, 7) is 0.773. The van der Waals surface area contributed by atoms with E-state index in [4.69, 9.17) is 4.74 Å². The van der Waals surface area contributed by atoms with Crippen LogP contribution in [0, 0.1) is 0 Å². The smallest absolute Gasteiger partial charge is 0.381 e. The lowest BCUT2D eigenvalue weighted by Gasteiger charge is -2.30. The molecular formula is C24H22F3N5O3S. The average Bonchev–Trinajstić information content (AvgIpc) is 3.35. The molecule has 3 heterocycles. The molecule has 188 valence electrons. The summed E-state index contributed by atoms with van der Waals surface area (Å²) in [5, 5.41) is 10.7. The van der Waals surface area contributed by atoms with Crippen molar-refractivity contribution in [2.24, 2.45) is 0 Å². The summed E-state index contributed by atoms with van der Waals surface area (Å²) >= 11 is 0.989. The molecule has 0 radical (unpaired) electrons. The maximum absolute atomic E-state index is 13.7. The number of halogens is 3. The predicted octanol–water partition coefficient (Wildman–Crippen LogP) is 1.92. The molecule has 2 N–H and O–H groups in total. The van der Waals surface area contributed by atoms with Gasteiger partial charge in [-0.2, -0.15) is 18.3 Å². The number of allylic oxidation sites excluding steroid dienone is 2. The molecular weight excluding hydrogens is 495 g/mol. The van der Waals surface area contributed by atoms with Crippen LogP contribution in [0.1, 0.15) is 45.5 Å². The van der Waals surface area contributed by atoms with Crippen molar-refractivity contribution in [1.29, 1.82) is 0 Å². The van der Waals surface area contributed by atoms with E-state index in [2.05, 4.69) is 20.5 Å². The highest BCUT2D eigenvalue weighted by Crippen LogP contribution is 2.27. The summed E-state index contributed by atoms with van der Waals surface area (Å²) in [5.74, 6) is -1.52. The number of H-pyrrole nitrogens is 1. The number of benzene rings is 1. The number of rotatable bonds is 5. The number of nitrogens with zero attached hydrogens (tertiary/aromatic N) is 3. The van der Waals surface area contributed by atoms with Gasteiger partial charge in [0, 0.05) is 24.8 Å². The van der Waals surface area contributed by atoms with Crippen molar-refractivity contribution < 1.29 is 22.7 Å². The van der Waals surface area contributed by atoms with Gasteiger partial charge in [-0.15, -0.1) is 0 Å². The number of ether oxygens (including phenoxy) is 1. The lowest BCUT2D eigenvalue weighted by Crippen LogP contribution is -2.44. The Kier molecular flexibility index (Phi) is 6.63. The van der Waals surface area contributed by atoms with E-state index in [1.165, 1.54) is 0 Å². The third-order valence-electron chi connectivity index (χ3n) is 6.13. The van der Waals surface area contributed by atoms with E-state index in [1.54, 1.807) is 42.5 Å². The summed E-state index contributed by atoms with van der Waals surface area (Å²) in [7, 11) is 0. The monoisotopic (exact) mass is 517 g/mol. The summed E-state index contributed by atoms with van der Waals surface area (Å²) in [5.41, 5.74) is 0.983. The molecule has 1 fully saturated rings. The third-order valence-corrected chi connectivity index (χ3v) is 7.01. The van der Waals surface area contributed by atoms with Gasteiger partial charge < -0.3 is 14.6 Å². The zero-order valence-electron chi connectivity index (χ0n) is 18.9. The van der Waals surface area contributed by atoms with Crippen LogP contribution in [0.15, 0.2) is 41.2 Å². The highest BCUT2D eigenvalue weighted by molar-refractivity contribution is 7.08. The van der Waals surface area contributed by atoms with Crippen LogP contribution in [0.5, 0.6) is 0 Å². The summed E-state index contributed by atoms with van der Waals surface area (Å²) < 4.78 is 47.7. The van der Waals surface area contributed by atoms with Gasteiger partial charge in [-0.25, -0.2) is 10.1 Å². The van der Waals surface area contributed by atoms with Crippen molar-refractivity contribution in [3.8, 4) is 0 Å². The van der Waals surface area contributed by atoms with Gasteiger partial charge in [0.1, 0.15) is 5.01 Å². The van der Waals surface area contributed by atoms with Crippen LogP contribution in [-0.2, 0) is 17.5 Å². The number of imidazole rings is 1. The lowest BCUT2D eigenvalue weighted by molar-refractivity contribution is -0.147. The van der Waals surface area contributed by atoms with E-state index in [1.807, 2.05) is 6.08 Å². The Bertz CT molecular complexity index is 1470. The zero-order valence-corrected chi connectivity index (χ0v) is 19.7. The molecule has 0 spiro atoms.